The van der Waals surface area contributed by atoms with Crippen molar-refractivity contribution in [1.29, 1.82) is 0 Å². The van der Waals surface area contributed by atoms with Crippen LogP contribution in [0.4, 0.5) is 0 Å². The number of aryl methyl sites for hydroxylation is 2. The van der Waals surface area contributed by atoms with E-state index >= 15 is 0 Å². The minimum Gasteiger partial charge on any atom is -0.348 e. The molecule has 0 heterocycles. The second-order valence-corrected chi connectivity index (χ2v) is 5.64. The summed E-state index contributed by atoms with van der Waals surface area (Å²) in [6.45, 7) is 4.66. The standard InChI is InChI=1S/C17H18BrNO/c1-3-13-6-4-5-7-14(13)11-19-17(20)15-10-12(2)8-9-16(15)18/h4-10H,3,11H2,1-2H3,(H,19,20). The molecular weight excluding hydrogens is 314 g/mol. The van der Waals surface area contributed by atoms with E-state index in [4.69, 9.17) is 0 Å². The van der Waals surface area contributed by atoms with Crippen LogP contribution in [-0.4, -0.2) is 5.91 Å². The zero-order chi connectivity index (χ0) is 14.5. The Kier molecular flexibility index (Phi) is 4.96. The Morgan fingerprint density at radius 1 is 1.15 bits per heavy atom. The molecule has 104 valence electrons. The monoisotopic (exact) mass is 331 g/mol. The molecule has 0 atom stereocenters. The highest BCUT2D eigenvalue weighted by molar-refractivity contribution is 9.10. The predicted octanol–water partition coefficient (Wildman–Crippen LogP) is 4.25. The molecule has 0 unspecified atom stereocenters. The normalized spacial score (nSPS) is 10.3. The van der Waals surface area contributed by atoms with Crippen LogP contribution in [0.2, 0.25) is 0 Å². The predicted molar refractivity (Wildman–Crippen MR) is 85.9 cm³/mol. The van der Waals surface area contributed by atoms with Crippen LogP contribution < -0.4 is 5.32 Å². The maximum absolute atomic E-state index is 12.2. The third kappa shape index (κ3) is 3.48. The van der Waals surface area contributed by atoms with Gasteiger partial charge in [-0.15, -0.1) is 0 Å². The van der Waals surface area contributed by atoms with Gasteiger partial charge in [0.2, 0.25) is 0 Å². The zero-order valence-corrected chi connectivity index (χ0v) is 13.3. The van der Waals surface area contributed by atoms with Crippen molar-refractivity contribution in [2.24, 2.45) is 0 Å². The lowest BCUT2D eigenvalue weighted by Crippen LogP contribution is -2.23. The molecule has 0 aliphatic carbocycles. The first-order valence-electron chi connectivity index (χ1n) is 6.73. The van der Waals surface area contributed by atoms with Crippen LogP contribution in [0.15, 0.2) is 46.9 Å². The van der Waals surface area contributed by atoms with Crippen molar-refractivity contribution in [1.82, 2.24) is 5.32 Å². The van der Waals surface area contributed by atoms with Gasteiger partial charge < -0.3 is 5.32 Å². The minimum absolute atomic E-state index is 0.0496. The number of carbonyl (C=O) groups excluding carboxylic acids is 1. The summed E-state index contributed by atoms with van der Waals surface area (Å²) >= 11 is 3.42. The van der Waals surface area contributed by atoms with Crippen LogP contribution in [0.25, 0.3) is 0 Å². The van der Waals surface area contributed by atoms with Crippen molar-refractivity contribution >= 4 is 21.8 Å². The number of hydrogen-bond acceptors (Lipinski definition) is 1. The third-order valence-corrected chi connectivity index (χ3v) is 4.00. The molecule has 0 bridgehead atoms. The van der Waals surface area contributed by atoms with Crippen LogP contribution >= 0.6 is 15.9 Å². The van der Waals surface area contributed by atoms with Crippen LogP contribution in [0.5, 0.6) is 0 Å². The number of nitrogens with one attached hydrogen (secondary N) is 1. The van der Waals surface area contributed by atoms with Gasteiger partial charge in [0.25, 0.3) is 5.91 Å². The highest BCUT2D eigenvalue weighted by Gasteiger charge is 2.10. The molecular formula is C17H18BrNO. The Morgan fingerprint density at radius 3 is 2.55 bits per heavy atom. The van der Waals surface area contributed by atoms with Crippen molar-refractivity contribution in [2.45, 2.75) is 26.8 Å². The van der Waals surface area contributed by atoms with Crippen molar-refractivity contribution in [3.8, 4) is 0 Å². The second-order valence-electron chi connectivity index (χ2n) is 4.79. The molecule has 1 N–H and O–H groups in total. The van der Waals surface area contributed by atoms with Gasteiger partial charge in [-0.3, -0.25) is 4.79 Å². The van der Waals surface area contributed by atoms with E-state index < -0.39 is 0 Å². The van der Waals surface area contributed by atoms with Gasteiger partial charge in [0.05, 0.1) is 5.56 Å². The van der Waals surface area contributed by atoms with E-state index in [1.54, 1.807) is 0 Å². The van der Waals surface area contributed by atoms with E-state index in [9.17, 15) is 4.79 Å². The van der Waals surface area contributed by atoms with E-state index in [1.807, 2.05) is 37.3 Å². The lowest BCUT2D eigenvalue weighted by molar-refractivity contribution is 0.0950. The Hall–Kier alpha value is -1.61. The lowest BCUT2D eigenvalue weighted by atomic mass is 10.1. The van der Waals surface area contributed by atoms with Gasteiger partial charge in [-0.2, -0.15) is 0 Å². The van der Waals surface area contributed by atoms with E-state index in [0.717, 1.165) is 16.5 Å². The smallest absolute Gasteiger partial charge is 0.252 e. The maximum atomic E-state index is 12.2. The molecule has 2 nitrogen and oxygen atoms in total. The number of carbonyl (C=O) groups is 1. The topological polar surface area (TPSA) is 29.1 Å². The average Bonchev–Trinajstić information content (AvgIpc) is 2.47. The average molecular weight is 332 g/mol. The van der Waals surface area contributed by atoms with E-state index in [-0.39, 0.29) is 5.91 Å². The Labute approximate surface area is 128 Å². The van der Waals surface area contributed by atoms with Gasteiger partial charge in [-0.1, -0.05) is 42.8 Å². The number of benzene rings is 2. The fourth-order valence-corrected chi connectivity index (χ4v) is 2.59. The first-order chi connectivity index (χ1) is 9.61. The van der Waals surface area contributed by atoms with Gasteiger partial charge >= 0.3 is 0 Å². The molecule has 0 aliphatic rings. The maximum Gasteiger partial charge on any atom is 0.252 e. The summed E-state index contributed by atoms with van der Waals surface area (Å²) in [5.74, 6) is -0.0496. The Bertz CT molecular complexity index is 622. The van der Waals surface area contributed by atoms with Crippen molar-refractivity contribution in [3.63, 3.8) is 0 Å². The molecule has 0 radical (unpaired) electrons. The summed E-state index contributed by atoms with van der Waals surface area (Å²) < 4.78 is 0.823. The molecule has 1 amide bonds. The molecule has 0 saturated carbocycles. The van der Waals surface area contributed by atoms with E-state index in [2.05, 4.69) is 40.3 Å². The Morgan fingerprint density at radius 2 is 1.85 bits per heavy atom. The van der Waals surface area contributed by atoms with Crippen molar-refractivity contribution in [2.75, 3.05) is 0 Å². The molecule has 0 spiro atoms. The highest BCUT2D eigenvalue weighted by atomic mass is 79.9. The molecule has 2 aromatic carbocycles. The lowest BCUT2D eigenvalue weighted by Gasteiger charge is -2.10. The van der Waals surface area contributed by atoms with E-state index in [1.165, 1.54) is 11.1 Å². The fraction of sp³-hybridized carbons (Fsp3) is 0.235. The van der Waals surface area contributed by atoms with Gasteiger partial charge in [-0.25, -0.2) is 0 Å². The molecule has 0 saturated heterocycles. The first-order valence-corrected chi connectivity index (χ1v) is 7.52. The SMILES string of the molecule is CCc1ccccc1CNC(=O)c1cc(C)ccc1Br. The third-order valence-electron chi connectivity index (χ3n) is 3.31. The quantitative estimate of drug-likeness (QED) is 0.891. The summed E-state index contributed by atoms with van der Waals surface area (Å²) in [6.07, 6.45) is 0.972. The molecule has 2 rings (SSSR count). The van der Waals surface area contributed by atoms with Crippen LogP contribution in [0, 0.1) is 6.92 Å². The molecule has 0 fully saturated rings. The largest absolute Gasteiger partial charge is 0.348 e. The van der Waals surface area contributed by atoms with Crippen LogP contribution in [-0.2, 0) is 13.0 Å². The van der Waals surface area contributed by atoms with Gasteiger partial charge in [-0.05, 0) is 52.5 Å². The van der Waals surface area contributed by atoms with E-state index in [0.29, 0.717) is 12.1 Å². The summed E-state index contributed by atoms with van der Waals surface area (Å²) in [7, 11) is 0. The molecule has 3 heteroatoms. The van der Waals surface area contributed by atoms with Crippen molar-refractivity contribution < 1.29 is 4.79 Å². The highest BCUT2D eigenvalue weighted by Crippen LogP contribution is 2.18. The Balaban J connectivity index is 2.11. The van der Waals surface area contributed by atoms with Crippen molar-refractivity contribution in [3.05, 3.63) is 69.2 Å². The second kappa shape index (κ2) is 6.71. The van der Waals surface area contributed by atoms with Gasteiger partial charge in [0.1, 0.15) is 0 Å². The molecule has 2 aromatic rings. The minimum atomic E-state index is -0.0496. The number of hydrogen-bond donors (Lipinski definition) is 1. The van der Waals surface area contributed by atoms with Crippen LogP contribution in [0.3, 0.4) is 0 Å². The zero-order valence-electron chi connectivity index (χ0n) is 11.7. The molecule has 20 heavy (non-hydrogen) atoms. The summed E-state index contributed by atoms with van der Waals surface area (Å²) in [5, 5.41) is 2.99. The van der Waals surface area contributed by atoms with Gasteiger partial charge in [0, 0.05) is 11.0 Å². The summed E-state index contributed by atoms with van der Waals surface area (Å²) in [5.41, 5.74) is 4.20. The number of rotatable bonds is 4. The molecule has 0 aromatic heterocycles. The summed E-state index contributed by atoms with van der Waals surface area (Å²) in [6, 6.07) is 14.0. The first kappa shape index (κ1) is 14.8. The molecule has 0 aliphatic heterocycles. The summed E-state index contributed by atoms with van der Waals surface area (Å²) in [4.78, 5) is 12.2. The number of amides is 1. The number of halogens is 1. The van der Waals surface area contributed by atoms with Gasteiger partial charge in [0.15, 0.2) is 0 Å². The van der Waals surface area contributed by atoms with Crippen LogP contribution in [0.1, 0.15) is 34.0 Å². The fourth-order valence-electron chi connectivity index (χ4n) is 2.16.